The van der Waals surface area contributed by atoms with Gasteiger partial charge in [0.05, 0.1) is 6.10 Å². The average Bonchev–Trinajstić information content (AvgIpc) is 2.26. The summed E-state index contributed by atoms with van der Waals surface area (Å²) in [5, 5.41) is 2.62. The molecule has 1 fully saturated rings. The van der Waals surface area contributed by atoms with Gasteiger partial charge in [0.15, 0.2) is 0 Å². The van der Waals surface area contributed by atoms with Crippen molar-refractivity contribution >= 4 is 14.5 Å². The molecule has 1 heterocycles. The topological polar surface area (TPSA) is 18.5 Å². The Balaban J connectivity index is 2.26. The Hall–Kier alpha value is 0.452. The minimum Gasteiger partial charge on any atom is -0.499 e. The van der Waals surface area contributed by atoms with Crippen LogP contribution in [0.15, 0.2) is 0 Å². The molecule has 0 radical (unpaired) electrons. The molecule has 1 unspecified atom stereocenters. The van der Waals surface area contributed by atoms with Crippen molar-refractivity contribution in [2.75, 3.05) is 13.2 Å². The van der Waals surface area contributed by atoms with Crippen molar-refractivity contribution < 1.29 is 8.53 Å². The van der Waals surface area contributed by atoms with Crippen molar-refractivity contribution in [3.63, 3.8) is 0 Å². The highest BCUT2D eigenvalue weighted by Gasteiger charge is 2.25. The lowest BCUT2D eigenvalue weighted by molar-refractivity contribution is -0.0122. The van der Waals surface area contributed by atoms with Gasteiger partial charge in [-0.05, 0) is 19.3 Å². The summed E-state index contributed by atoms with van der Waals surface area (Å²) in [6.07, 6.45) is 4.13. The van der Waals surface area contributed by atoms with E-state index in [1.807, 2.05) is 0 Å². The molecule has 0 bridgehead atoms. The molecule has 0 aliphatic carbocycles. The standard InChI is InChI=1S/C6H11O2.2C4H9.Al/c7-5-6-3-1-2-4-8-6;2*1-4(2)3;/h6H,1-5H2;2*4H,1H2,2-3H3;/q-1;;;+1. The third-order valence-electron chi connectivity index (χ3n) is 3.26. The first kappa shape index (κ1) is 15.5. The first-order valence-corrected chi connectivity index (χ1v) is 9.41. The van der Waals surface area contributed by atoms with Crippen LogP contribution < -0.4 is 0 Å². The van der Waals surface area contributed by atoms with E-state index >= 15 is 0 Å². The molecule has 0 amide bonds. The highest BCUT2D eigenvalue weighted by Crippen LogP contribution is 2.18. The molecule has 1 rings (SSSR count). The van der Waals surface area contributed by atoms with Gasteiger partial charge in [0, 0.05) is 13.2 Å². The van der Waals surface area contributed by atoms with Crippen LogP contribution in [0.2, 0.25) is 10.6 Å². The van der Waals surface area contributed by atoms with Crippen molar-refractivity contribution in [1.82, 2.24) is 0 Å². The van der Waals surface area contributed by atoms with E-state index in [2.05, 4.69) is 27.7 Å². The van der Waals surface area contributed by atoms with Crippen LogP contribution in [0.5, 0.6) is 0 Å². The molecule has 3 heteroatoms. The Morgan fingerprint density at radius 2 is 1.76 bits per heavy atom. The third-order valence-corrected chi connectivity index (χ3v) is 6.86. The van der Waals surface area contributed by atoms with Crippen LogP contribution in [0.3, 0.4) is 0 Å². The smallest absolute Gasteiger partial charge is 0.461 e. The van der Waals surface area contributed by atoms with E-state index < -0.39 is 14.5 Å². The van der Waals surface area contributed by atoms with Gasteiger partial charge in [0.1, 0.15) is 0 Å². The normalized spacial score (nSPS) is 21.2. The summed E-state index contributed by atoms with van der Waals surface area (Å²) < 4.78 is 12.0. The molecule has 0 aromatic heterocycles. The van der Waals surface area contributed by atoms with E-state index in [0.29, 0.717) is 6.10 Å². The van der Waals surface area contributed by atoms with Crippen LogP contribution >= 0.6 is 0 Å². The Morgan fingerprint density at radius 1 is 1.12 bits per heavy atom. The van der Waals surface area contributed by atoms with E-state index in [1.54, 1.807) is 0 Å². The second-order valence-corrected chi connectivity index (χ2v) is 8.72. The van der Waals surface area contributed by atoms with Crippen LogP contribution in [-0.4, -0.2) is 33.8 Å². The minimum atomic E-state index is -1.00. The van der Waals surface area contributed by atoms with Crippen LogP contribution in [0.4, 0.5) is 0 Å². The van der Waals surface area contributed by atoms with Gasteiger partial charge < -0.3 is 8.53 Å². The molecule has 1 aliphatic heterocycles. The maximum Gasteiger partial charge on any atom is 0.461 e. The summed E-state index contributed by atoms with van der Waals surface area (Å²) in [7, 11) is 0. The maximum atomic E-state index is 6.22. The Morgan fingerprint density at radius 3 is 2.24 bits per heavy atom. The highest BCUT2D eigenvalue weighted by molar-refractivity contribution is 6.51. The number of hydrogen-bond donors (Lipinski definition) is 0. The quantitative estimate of drug-likeness (QED) is 0.644. The molecule has 0 aromatic carbocycles. The average molecular weight is 256 g/mol. The molecule has 0 saturated carbocycles. The van der Waals surface area contributed by atoms with Crippen molar-refractivity contribution in [2.45, 2.75) is 63.6 Å². The summed E-state index contributed by atoms with van der Waals surface area (Å²) in [5.74, 6) is 1.55. The van der Waals surface area contributed by atoms with Crippen molar-refractivity contribution in [2.24, 2.45) is 11.8 Å². The molecular formula is C14H29AlO2. The van der Waals surface area contributed by atoms with Gasteiger partial charge >= 0.3 is 14.5 Å². The molecule has 1 atom stereocenters. The number of hydrogen-bond acceptors (Lipinski definition) is 2. The summed E-state index contributed by atoms with van der Waals surface area (Å²) >= 11 is -1.00. The molecule has 1 aliphatic rings. The molecule has 2 nitrogen and oxygen atoms in total. The lowest BCUT2D eigenvalue weighted by Crippen LogP contribution is -2.30. The maximum absolute atomic E-state index is 6.22. The molecular weight excluding hydrogens is 227 g/mol. The summed E-state index contributed by atoms with van der Waals surface area (Å²) in [6.45, 7) is 11.0. The van der Waals surface area contributed by atoms with Crippen molar-refractivity contribution in [3.8, 4) is 0 Å². The van der Waals surface area contributed by atoms with Gasteiger partial charge in [-0.15, -0.1) is 0 Å². The van der Waals surface area contributed by atoms with Crippen LogP contribution in [0.1, 0.15) is 47.0 Å². The van der Waals surface area contributed by atoms with Crippen molar-refractivity contribution in [3.05, 3.63) is 0 Å². The van der Waals surface area contributed by atoms with Gasteiger partial charge in [-0.2, -0.15) is 0 Å². The fraction of sp³-hybridized carbons (Fsp3) is 1.00. The van der Waals surface area contributed by atoms with Crippen LogP contribution in [0.25, 0.3) is 0 Å². The minimum absolute atomic E-state index is 0.387. The highest BCUT2D eigenvalue weighted by atomic mass is 27.2. The van der Waals surface area contributed by atoms with E-state index in [0.717, 1.165) is 25.0 Å². The third kappa shape index (κ3) is 7.47. The predicted octanol–water partition coefficient (Wildman–Crippen LogP) is 3.88. The molecule has 17 heavy (non-hydrogen) atoms. The van der Waals surface area contributed by atoms with E-state index in [1.165, 1.54) is 29.8 Å². The Labute approximate surface area is 112 Å². The zero-order valence-corrected chi connectivity index (χ0v) is 13.2. The van der Waals surface area contributed by atoms with Crippen molar-refractivity contribution in [1.29, 1.82) is 0 Å². The second kappa shape index (κ2) is 8.54. The lowest BCUT2D eigenvalue weighted by atomic mass is 10.1. The largest absolute Gasteiger partial charge is 0.499 e. The van der Waals surface area contributed by atoms with Gasteiger partial charge in [-0.3, -0.25) is 0 Å². The SMILES string of the molecule is CC(C)[CH2][Al]([CH2]C(C)C)[O]CC1CCCCO1. The number of rotatable bonds is 7. The molecule has 0 spiro atoms. The van der Waals surface area contributed by atoms with Crippen LogP contribution in [0, 0.1) is 11.8 Å². The van der Waals surface area contributed by atoms with Gasteiger partial charge in [0.2, 0.25) is 0 Å². The molecule has 0 N–H and O–H groups in total. The molecule has 100 valence electrons. The zero-order valence-electron chi connectivity index (χ0n) is 12.1. The van der Waals surface area contributed by atoms with Gasteiger partial charge in [0.25, 0.3) is 0 Å². The molecule has 0 aromatic rings. The van der Waals surface area contributed by atoms with E-state index in [-0.39, 0.29) is 0 Å². The monoisotopic (exact) mass is 256 g/mol. The Kier molecular flexibility index (Phi) is 7.79. The second-order valence-electron chi connectivity index (χ2n) is 6.20. The summed E-state index contributed by atoms with van der Waals surface area (Å²) in [6, 6.07) is 0. The van der Waals surface area contributed by atoms with E-state index in [9.17, 15) is 0 Å². The fourth-order valence-corrected chi connectivity index (χ4v) is 5.52. The fourth-order valence-electron chi connectivity index (χ4n) is 2.47. The Bertz CT molecular complexity index is 179. The van der Waals surface area contributed by atoms with Gasteiger partial charge in [-0.1, -0.05) is 50.1 Å². The first-order chi connectivity index (χ1) is 8.08. The number of ether oxygens (including phenoxy) is 1. The summed E-state index contributed by atoms with van der Waals surface area (Å²) in [4.78, 5) is 0. The first-order valence-electron chi connectivity index (χ1n) is 7.31. The van der Waals surface area contributed by atoms with Crippen LogP contribution in [-0.2, 0) is 8.53 Å². The predicted molar refractivity (Wildman–Crippen MR) is 74.6 cm³/mol. The summed E-state index contributed by atoms with van der Waals surface area (Å²) in [5.41, 5.74) is 0. The van der Waals surface area contributed by atoms with E-state index in [4.69, 9.17) is 8.53 Å². The lowest BCUT2D eigenvalue weighted by Gasteiger charge is -2.25. The molecule has 1 saturated heterocycles. The van der Waals surface area contributed by atoms with Gasteiger partial charge in [-0.25, -0.2) is 0 Å². The zero-order chi connectivity index (χ0) is 12.7.